The van der Waals surface area contributed by atoms with E-state index in [0.717, 1.165) is 10.1 Å². The van der Waals surface area contributed by atoms with Crippen LogP contribution in [0.5, 0.6) is 5.75 Å². The molecular formula is C21H16N4O3S. The number of aromatic nitrogens is 3. The largest absolute Gasteiger partial charge is 0.492 e. The Bertz CT molecular complexity index is 1360. The van der Waals surface area contributed by atoms with E-state index < -0.39 is 0 Å². The van der Waals surface area contributed by atoms with Crippen LogP contribution in [-0.2, 0) is 6.54 Å². The molecule has 0 bridgehead atoms. The highest BCUT2D eigenvalue weighted by molar-refractivity contribution is 7.17. The predicted octanol–water partition coefficient (Wildman–Crippen LogP) is 4.27. The number of rotatable bonds is 5. The van der Waals surface area contributed by atoms with Gasteiger partial charge in [0.25, 0.3) is 0 Å². The first-order chi connectivity index (χ1) is 14.3. The molecule has 1 aromatic carbocycles. The molecule has 144 valence electrons. The van der Waals surface area contributed by atoms with Crippen molar-refractivity contribution in [1.82, 2.24) is 14.5 Å². The van der Waals surface area contributed by atoms with Crippen molar-refractivity contribution < 1.29 is 14.4 Å². The number of imidazole rings is 1. The van der Waals surface area contributed by atoms with E-state index in [-0.39, 0.29) is 0 Å². The van der Waals surface area contributed by atoms with Gasteiger partial charge in [-0.25, -0.2) is 4.98 Å². The Hall–Kier alpha value is -3.65. The molecule has 4 heterocycles. The molecule has 1 N–H and O–H groups in total. The van der Waals surface area contributed by atoms with E-state index in [0.29, 0.717) is 46.7 Å². The van der Waals surface area contributed by atoms with Crippen LogP contribution in [0.15, 0.2) is 76.3 Å². The van der Waals surface area contributed by atoms with Crippen molar-refractivity contribution >= 4 is 32.4 Å². The van der Waals surface area contributed by atoms with Crippen molar-refractivity contribution in [3.63, 3.8) is 0 Å². The maximum Gasteiger partial charge on any atom is 0.155 e. The van der Waals surface area contributed by atoms with Gasteiger partial charge >= 0.3 is 0 Å². The van der Waals surface area contributed by atoms with Gasteiger partial charge in [-0.15, -0.1) is 11.3 Å². The molecule has 0 aliphatic heterocycles. The molecule has 0 spiro atoms. The number of pyridine rings is 1. The first kappa shape index (κ1) is 17.4. The van der Waals surface area contributed by atoms with Crippen molar-refractivity contribution in [2.75, 3.05) is 6.61 Å². The van der Waals surface area contributed by atoms with E-state index in [1.54, 1.807) is 29.9 Å². The predicted molar refractivity (Wildman–Crippen MR) is 110 cm³/mol. The van der Waals surface area contributed by atoms with Crippen molar-refractivity contribution in [2.45, 2.75) is 6.54 Å². The van der Waals surface area contributed by atoms with Crippen molar-refractivity contribution in [3.05, 3.63) is 72.1 Å². The molecule has 0 saturated carbocycles. The summed E-state index contributed by atoms with van der Waals surface area (Å²) in [7, 11) is 0. The summed E-state index contributed by atoms with van der Waals surface area (Å²) in [5, 5.41) is 17.2. The second kappa shape index (κ2) is 7.40. The molecule has 0 aliphatic rings. The standard InChI is InChI=1S/C21H16N4O3S/c26-24-17-10-20(18-11-21-14(12-23-18)3-8-29-21)28-19-2-1-15(9-16(17)19)27-7-6-25-5-4-22-13-25/h1-5,8-13,26H,6-7H2/b24-17-. The molecule has 0 fully saturated rings. The van der Waals surface area contributed by atoms with Gasteiger partial charge in [-0.05, 0) is 35.7 Å². The summed E-state index contributed by atoms with van der Waals surface area (Å²) in [6, 6.07) is 11.1. The van der Waals surface area contributed by atoms with Crippen LogP contribution in [0.1, 0.15) is 0 Å². The minimum Gasteiger partial charge on any atom is -0.492 e. The quantitative estimate of drug-likeness (QED) is 0.349. The molecule has 0 atom stereocenters. The Labute approximate surface area is 169 Å². The molecule has 5 rings (SSSR count). The third kappa shape index (κ3) is 3.45. The molecule has 0 aliphatic carbocycles. The first-order valence-electron chi connectivity index (χ1n) is 8.98. The second-order valence-electron chi connectivity index (χ2n) is 6.43. The third-order valence-electron chi connectivity index (χ3n) is 4.59. The van der Waals surface area contributed by atoms with Gasteiger partial charge in [0, 0.05) is 34.7 Å². The fourth-order valence-electron chi connectivity index (χ4n) is 3.12. The van der Waals surface area contributed by atoms with Gasteiger partial charge in [0.2, 0.25) is 0 Å². The van der Waals surface area contributed by atoms with Gasteiger partial charge in [0.15, 0.2) is 5.76 Å². The highest BCUT2D eigenvalue weighted by Crippen LogP contribution is 2.27. The van der Waals surface area contributed by atoms with Crippen LogP contribution < -0.4 is 10.1 Å². The molecule has 7 nitrogen and oxygen atoms in total. The van der Waals surface area contributed by atoms with Gasteiger partial charge in [-0.2, -0.15) is 0 Å². The third-order valence-corrected chi connectivity index (χ3v) is 5.47. The summed E-state index contributed by atoms with van der Waals surface area (Å²) in [6.45, 7) is 1.18. The summed E-state index contributed by atoms with van der Waals surface area (Å²) >= 11 is 1.64. The van der Waals surface area contributed by atoms with E-state index in [1.165, 1.54) is 0 Å². The van der Waals surface area contributed by atoms with Crippen molar-refractivity contribution in [3.8, 4) is 17.2 Å². The topological polar surface area (TPSA) is 85.7 Å². The van der Waals surface area contributed by atoms with Crippen LogP contribution >= 0.6 is 11.3 Å². The summed E-state index contributed by atoms with van der Waals surface area (Å²) < 4.78 is 14.9. The molecule has 5 aromatic rings. The number of benzene rings is 1. The summed E-state index contributed by atoms with van der Waals surface area (Å²) in [4.78, 5) is 8.48. The van der Waals surface area contributed by atoms with Gasteiger partial charge in [-0.3, -0.25) is 4.98 Å². The number of hydrogen-bond acceptors (Lipinski definition) is 7. The summed E-state index contributed by atoms with van der Waals surface area (Å²) in [6.07, 6.45) is 7.17. The van der Waals surface area contributed by atoms with Gasteiger partial charge in [0.05, 0.1) is 18.3 Å². The van der Waals surface area contributed by atoms with E-state index in [1.807, 2.05) is 52.7 Å². The van der Waals surface area contributed by atoms with Crippen molar-refractivity contribution in [1.29, 1.82) is 0 Å². The number of thiophene rings is 1. The average molecular weight is 404 g/mol. The number of hydrogen-bond donors (Lipinski definition) is 1. The van der Waals surface area contributed by atoms with Crippen LogP contribution in [0.2, 0.25) is 0 Å². The lowest BCUT2D eigenvalue weighted by Gasteiger charge is -2.09. The Morgan fingerprint density at radius 1 is 1.21 bits per heavy atom. The Balaban J connectivity index is 1.47. The lowest BCUT2D eigenvalue weighted by molar-refractivity contribution is 0.298. The molecule has 4 aromatic heterocycles. The molecule has 29 heavy (non-hydrogen) atoms. The fourth-order valence-corrected chi connectivity index (χ4v) is 3.92. The summed E-state index contributed by atoms with van der Waals surface area (Å²) in [5.41, 5.74) is 1.28. The lowest BCUT2D eigenvalue weighted by Crippen LogP contribution is -2.07. The van der Waals surface area contributed by atoms with Crippen LogP contribution in [0.25, 0.3) is 32.5 Å². The molecule has 8 heteroatoms. The smallest absolute Gasteiger partial charge is 0.155 e. The van der Waals surface area contributed by atoms with E-state index in [2.05, 4.69) is 15.1 Å². The van der Waals surface area contributed by atoms with Gasteiger partial charge < -0.3 is 18.9 Å². The molecule has 0 saturated heterocycles. The Kier molecular flexibility index (Phi) is 4.45. The Morgan fingerprint density at radius 2 is 2.17 bits per heavy atom. The molecule has 0 radical (unpaired) electrons. The highest BCUT2D eigenvalue weighted by Gasteiger charge is 2.10. The molecular weight excluding hydrogens is 388 g/mol. The minimum absolute atomic E-state index is 0.398. The van der Waals surface area contributed by atoms with E-state index in [9.17, 15) is 5.21 Å². The maximum atomic E-state index is 9.55. The Morgan fingerprint density at radius 3 is 3.03 bits per heavy atom. The van der Waals surface area contributed by atoms with Crippen LogP contribution in [0.4, 0.5) is 0 Å². The summed E-state index contributed by atoms with van der Waals surface area (Å²) in [5.74, 6) is 1.21. The minimum atomic E-state index is 0.398. The van der Waals surface area contributed by atoms with Gasteiger partial charge in [-0.1, -0.05) is 5.16 Å². The molecule has 0 amide bonds. The first-order valence-corrected chi connectivity index (χ1v) is 9.86. The zero-order valence-corrected chi connectivity index (χ0v) is 16.0. The number of fused-ring (bicyclic) bond motifs is 2. The number of ether oxygens (including phenoxy) is 1. The van der Waals surface area contributed by atoms with E-state index >= 15 is 0 Å². The highest BCUT2D eigenvalue weighted by atomic mass is 32.1. The zero-order valence-electron chi connectivity index (χ0n) is 15.2. The fraction of sp³-hybridized carbons (Fsp3) is 0.0952. The van der Waals surface area contributed by atoms with Crippen molar-refractivity contribution in [2.24, 2.45) is 5.16 Å². The van der Waals surface area contributed by atoms with Crippen LogP contribution in [-0.4, -0.2) is 26.3 Å². The maximum absolute atomic E-state index is 9.55. The second-order valence-corrected chi connectivity index (χ2v) is 7.38. The van der Waals surface area contributed by atoms with Crippen LogP contribution in [0, 0.1) is 0 Å². The SMILES string of the molecule is O/N=c1/cc(-c2cc3sccc3cn2)oc2ccc(OCCn3ccnc3)cc12. The lowest BCUT2D eigenvalue weighted by atomic mass is 10.1. The van der Waals surface area contributed by atoms with E-state index in [4.69, 9.17) is 9.15 Å². The monoisotopic (exact) mass is 404 g/mol. The normalized spacial score (nSPS) is 12.1. The number of nitrogens with zero attached hydrogens (tertiary/aromatic N) is 4. The zero-order chi connectivity index (χ0) is 19.6. The molecule has 0 unspecified atom stereocenters. The van der Waals surface area contributed by atoms with Gasteiger partial charge in [0.1, 0.15) is 29.0 Å². The van der Waals surface area contributed by atoms with Crippen LogP contribution in [0.3, 0.4) is 0 Å². The average Bonchev–Trinajstić information content (AvgIpc) is 3.44.